The van der Waals surface area contributed by atoms with Crippen molar-refractivity contribution in [3.63, 3.8) is 0 Å². The molecule has 0 spiro atoms. The number of anilines is 2. The summed E-state index contributed by atoms with van der Waals surface area (Å²) >= 11 is 5.96. The van der Waals surface area contributed by atoms with Crippen molar-refractivity contribution in [3.05, 3.63) is 23.2 Å². The zero-order valence-electron chi connectivity index (χ0n) is 8.39. The largest absolute Gasteiger partial charge is 0.383 e. The van der Waals surface area contributed by atoms with Gasteiger partial charge in [0.25, 0.3) is 0 Å². The van der Waals surface area contributed by atoms with E-state index in [1.165, 1.54) is 12.1 Å². The minimum Gasteiger partial charge on any atom is -0.383 e. The standard InChI is InChI=1S/C11H15ClN2/c1-2-14-7-3-6-13-10-8-9(12)4-5-11(10)14/h4-5,8,13H,2-3,6-7H2,1H3. The predicted molar refractivity (Wildman–Crippen MR) is 62.4 cm³/mol. The van der Waals surface area contributed by atoms with Crippen molar-refractivity contribution in [2.75, 3.05) is 29.9 Å². The molecule has 2 rings (SSSR count). The topological polar surface area (TPSA) is 15.3 Å². The molecule has 1 aliphatic rings. The number of fused-ring (bicyclic) bond motifs is 1. The van der Waals surface area contributed by atoms with Crippen molar-refractivity contribution >= 4 is 23.0 Å². The molecule has 0 saturated heterocycles. The lowest BCUT2D eigenvalue weighted by molar-refractivity contribution is 0.786. The van der Waals surface area contributed by atoms with E-state index in [4.69, 9.17) is 11.6 Å². The monoisotopic (exact) mass is 210 g/mol. The van der Waals surface area contributed by atoms with Gasteiger partial charge in [-0.3, -0.25) is 0 Å². The van der Waals surface area contributed by atoms with E-state index in [-0.39, 0.29) is 0 Å². The maximum absolute atomic E-state index is 5.96. The van der Waals surface area contributed by atoms with Gasteiger partial charge in [0.1, 0.15) is 0 Å². The highest BCUT2D eigenvalue weighted by molar-refractivity contribution is 6.31. The predicted octanol–water partition coefficient (Wildman–Crippen LogP) is 2.98. The highest BCUT2D eigenvalue weighted by atomic mass is 35.5. The number of hydrogen-bond donors (Lipinski definition) is 1. The van der Waals surface area contributed by atoms with E-state index in [9.17, 15) is 0 Å². The van der Waals surface area contributed by atoms with E-state index in [1.54, 1.807) is 0 Å². The molecular formula is C11H15ClN2. The molecule has 0 saturated carbocycles. The van der Waals surface area contributed by atoms with Gasteiger partial charge in [-0.05, 0) is 31.5 Å². The summed E-state index contributed by atoms with van der Waals surface area (Å²) < 4.78 is 0. The molecule has 1 aliphatic heterocycles. The Bertz CT molecular complexity index is 325. The summed E-state index contributed by atoms with van der Waals surface area (Å²) in [6.45, 7) is 5.39. The van der Waals surface area contributed by atoms with Crippen LogP contribution in [0.4, 0.5) is 11.4 Å². The van der Waals surface area contributed by atoms with Gasteiger partial charge < -0.3 is 10.2 Å². The van der Waals surface area contributed by atoms with Gasteiger partial charge in [0.2, 0.25) is 0 Å². The highest BCUT2D eigenvalue weighted by Crippen LogP contribution is 2.30. The molecule has 2 nitrogen and oxygen atoms in total. The lowest BCUT2D eigenvalue weighted by Crippen LogP contribution is -2.22. The van der Waals surface area contributed by atoms with Crippen molar-refractivity contribution < 1.29 is 0 Å². The van der Waals surface area contributed by atoms with Crippen LogP contribution in [0.5, 0.6) is 0 Å². The third kappa shape index (κ3) is 1.80. The Morgan fingerprint density at radius 1 is 1.50 bits per heavy atom. The molecule has 76 valence electrons. The van der Waals surface area contributed by atoms with Gasteiger partial charge in [-0.2, -0.15) is 0 Å². The Hall–Kier alpha value is -0.890. The first-order valence-corrected chi connectivity index (χ1v) is 5.47. The molecule has 0 unspecified atom stereocenters. The summed E-state index contributed by atoms with van der Waals surface area (Å²) in [6.07, 6.45) is 1.18. The van der Waals surface area contributed by atoms with Crippen LogP contribution in [0.25, 0.3) is 0 Å². The smallest absolute Gasteiger partial charge is 0.0602 e. The first-order valence-electron chi connectivity index (χ1n) is 5.09. The Balaban J connectivity index is 2.39. The van der Waals surface area contributed by atoms with Crippen LogP contribution < -0.4 is 10.2 Å². The molecule has 0 aromatic heterocycles. The Morgan fingerprint density at radius 2 is 2.36 bits per heavy atom. The van der Waals surface area contributed by atoms with E-state index in [2.05, 4.69) is 23.2 Å². The molecule has 0 atom stereocenters. The Labute approximate surface area is 89.9 Å². The second kappa shape index (κ2) is 4.09. The van der Waals surface area contributed by atoms with E-state index in [0.29, 0.717) is 0 Å². The highest BCUT2D eigenvalue weighted by Gasteiger charge is 2.12. The van der Waals surface area contributed by atoms with Gasteiger partial charge in [-0.25, -0.2) is 0 Å². The molecule has 3 heteroatoms. The summed E-state index contributed by atoms with van der Waals surface area (Å²) in [7, 11) is 0. The summed E-state index contributed by atoms with van der Waals surface area (Å²) in [5.41, 5.74) is 2.44. The van der Waals surface area contributed by atoms with Crippen molar-refractivity contribution in [1.29, 1.82) is 0 Å². The maximum atomic E-state index is 5.96. The lowest BCUT2D eigenvalue weighted by Gasteiger charge is -2.22. The van der Waals surface area contributed by atoms with E-state index in [1.807, 2.05) is 12.1 Å². The molecule has 0 bridgehead atoms. The minimum absolute atomic E-state index is 0.800. The fourth-order valence-corrected chi connectivity index (χ4v) is 2.04. The number of nitrogens with one attached hydrogen (secondary N) is 1. The first kappa shape index (κ1) is 9.66. The second-order valence-electron chi connectivity index (χ2n) is 3.52. The summed E-state index contributed by atoms with van der Waals surface area (Å²) in [4.78, 5) is 2.38. The minimum atomic E-state index is 0.800. The van der Waals surface area contributed by atoms with Crippen molar-refractivity contribution in [2.45, 2.75) is 13.3 Å². The third-order valence-corrected chi connectivity index (χ3v) is 2.84. The second-order valence-corrected chi connectivity index (χ2v) is 3.96. The van der Waals surface area contributed by atoms with Crippen LogP contribution in [0, 0.1) is 0 Å². The molecule has 1 N–H and O–H groups in total. The SMILES string of the molecule is CCN1CCCNc2cc(Cl)ccc21. The average Bonchev–Trinajstić information content (AvgIpc) is 2.38. The quantitative estimate of drug-likeness (QED) is 0.767. The molecule has 1 aromatic carbocycles. The molecule has 0 radical (unpaired) electrons. The molecule has 14 heavy (non-hydrogen) atoms. The van der Waals surface area contributed by atoms with E-state index < -0.39 is 0 Å². The van der Waals surface area contributed by atoms with Gasteiger partial charge in [0, 0.05) is 24.7 Å². The number of rotatable bonds is 1. The molecule has 1 aromatic rings. The van der Waals surface area contributed by atoms with Crippen LogP contribution in [-0.4, -0.2) is 19.6 Å². The van der Waals surface area contributed by atoms with Gasteiger partial charge in [-0.15, -0.1) is 0 Å². The third-order valence-electron chi connectivity index (χ3n) is 2.60. The fourth-order valence-electron chi connectivity index (χ4n) is 1.87. The van der Waals surface area contributed by atoms with Crippen LogP contribution in [-0.2, 0) is 0 Å². The average molecular weight is 211 g/mol. The van der Waals surface area contributed by atoms with Crippen molar-refractivity contribution in [1.82, 2.24) is 0 Å². The van der Waals surface area contributed by atoms with E-state index in [0.717, 1.165) is 30.3 Å². The number of halogens is 1. The van der Waals surface area contributed by atoms with Crippen LogP contribution in [0.15, 0.2) is 18.2 Å². The normalized spacial score (nSPS) is 15.7. The van der Waals surface area contributed by atoms with Crippen LogP contribution in [0.2, 0.25) is 5.02 Å². The zero-order valence-corrected chi connectivity index (χ0v) is 9.14. The zero-order chi connectivity index (χ0) is 9.97. The molecular weight excluding hydrogens is 196 g/mol. The maximum Gasteiger partial charge on any atom is 0.0602 e. The molecule has 1 heterocycles. The number of benzene rings is 1. The van der Waals surface area contributed by atoms with Gasteiger partial charge in [0.15, 0.2) is 0 Å². The molecule has 0 fully saturated rings. The Morgan fingerprint density at radius 3 is 3.14 bits per heavy atom. The van der Waals surface area contributed by atoms with Gasteiger partial charge >= 0.3 is 0 Å². The molecule has 0 aliphatic carbocycles. The Kier molecular flexibility index (Phi) is 2.82. The summed E-state index contributed by atoms with van der Waals surface area (Å²) in [5.74, 6) is 0. The first-order chi connectivity index (χ1) is 6.81. The number of hydrogen-bond acceptors (Lipinski definition) is 2. The summed E-state index contributed by atoms with van der Waals surface area (Å²) in [6, 6.07) is 6.06. The van der Waals surface area contributed by atoms with Crippen LogP contribution in [0.3, 0.4) is 0 Å². The van der Waals surface area contributed by atoms with Crippen LogP contribution in [0.1, 0.15) is 13.3 Å². The van der Waals surface area contributed by atoms with Gasteiger partial charge in [0.05, 0.1) is 11.4 Å². The summed E-state index contributed by atoms with van der Waals surface area (Å²) in [5, 5.41) is 4.20. The molecule has 0 amide bonds. The lowest BCUT2D eigenvalue weighted by atomic mass is 10.2. The van der Waals surface area contributed by atoms with Crippen LogP contribution >= 0.6 is 11.6 Å². The van der Waals surface area contributed by atoms with E-state index >= 15 is 0 Å². The van der Waals surface area contributed by atoms with Crippen molar-refractivity contribution in [3.8, 4) is 0 Å². The fraction of sp³-hybridized carbons (Fsp3) is 0.455. The number of nitrogens with zero attached hydrogens (tertiary/aromatic N) is 1. The van der Waals surface area contributed by atoms with Gasteiger partial charge in [-0.1, -0.05) is 11.6 Å². The van der Waals surface area contributed by atoms with Crippen molar-refractivity contribution in [2.24, 2.45) is 0 Å².